The Balaban J connectivity index is 1.46. The molecule has 228 valence electrons. The lowest BCUT2D eigenvalue weighted by Crippen LogP contribution is -2.37. The quantitative estimate of drug-likeness (QED) is 0.143. The van der Waals surface area contributed by atoms with Crippen LogP contribution in [0.3, 0.4) is 0 Å². The Morgan fingerprint density at radius 1 is 0.609 bits per heavy atom. The minimum Gasteiger partial charge on any atom is -0.450 e. The number of benzene rings is 4. The lowest BCUT2D eigenvalue weighted by molar-refractivity contribution is -0.0947. The van der Waals surface area contributed by atoms with Crippen LogP contribution in [0.15, 0.2) is 132 Å². The van der Waals surface area contributed by atoms with Crippen molar-refractivity contribution in [1.29, 1.82) is 0 Å². The number of carbonyl (C=O) groups is 3. The van der Waals surface area contributed by atoms with E-state index in [1.165, 1.54) is 0 Å². The van der Waals surface area contributed by atoms with Crippen molar-refractivity contribution in [3.63, 3.8) is 0 Å². The third-order valence-corrected chi connectivity index (χ3v) is 6.83. The predicted octanol–water partition coefficient (Wildman–Crippen LogP) is 5.58. The molecule has 0 spiro atoms. The number of aromatic amines is 1. The zero-order chi connectivity index (χ0) is 31.7. The second-order valence-corrected chi connectivity index (χ2v) is 9.87. The van der Waals surface area contributed by atoms with Gasteiger partial charge in [0.2, 0.25) is 11.9 Å². The number of H-pyrrole nitrogens is 1. The Kier molecular flexibility index (Phi) is 8.96. The highest BCUT2D eigenvalue weighted by atomic mass is 16.6. The fraction of sp³-hybridized carbons (Fsp3) is 0.0882. The molecule has 0 aliphatic carbocycles. The highest BCUT2D eigenvalue weighted by Gasteiger charge is 2.44. The Labute approximate surface area is 261 Å². The van der Waals surface area contributed by atoms with Crippen molar-refractivity contribution in [2.45, 2.75) is 18.3 Å². The predicted molar refractivity (Wildman–Crippen MR) is 161 cm³/mol. The van der Waals surface area contributed by atoms with Crippen molar-refractivity contribution in [3.8, 4) is 11.3 Å². The minimum absolute atomic E-state index is 0.0678. The molecule has 1 N–H and O–H groups in total. The van der Waals surface area contributed by atoms with Crippen molar-refractivity contribution < 1.29 is 33.1 Å². The van der Waals surface area contributed by atoms with Crippen LogP contribution in [-0.2, 0) is 14.2 Å². The van der Waals surface area contributed by atoms with Gasteiger partial charge in [-0.15, -0.1) is 10.2 Å². The summed E-state index contributed by atoms with van der Waals surface area (Å²) in [5.41, 5.74) is 1.36. The molecule has 0 bridgehead atoms. The van der Waals surface area contributed by atoms with Gasteiger partial charge in [0, 0.05) is 11.6 Å². The summed E-state index contributed by atoms with van der Waals surface area (Å²) in [4.78, 5) is 40.5. The van der Waals surface area contributed by atoms with Crippen LogP contribution >= 0.6 is 0 Å². The van der Waals surface area contributed by atoms with Crippen LogP contribution in [0.25, 0.3) is 11.3 Å². The van der Waals surface area contributed by atoms with Crippen LogP contribution in [0.2, 0.25) is 0 Å². The summed E-state index contributed by atoms with van der Waals surface area (Å²) in [5.74, 6) is -2.15. The highest BCUT2D eigenvalue weighted by Crippen LogP contribution is 2.36. The average Bonchev–Trinajstić information content (AvgIpc) is 3.84. The van der Waals surface area contributed by atoms with Crippen molar-refractivity contribution in [3.05, 3.63) is 156 Å². The maximum absolute atomic E-state index is 13.6. The van der Waals surface area contributed by atoms with Gasteiger partial charge in [-0.05, 0) is 36.4 Å². The molecule has 46 heavy (non-hydrogen) atoms. The standard InChI is InChI=1S/C34H25N5O7/c40-32(23-15-7-2-8-16-23)43-28(26-21-27(46-37-26)22-13-5-1-6-14-22)29(44-33(41)24-17-9-3-10-18-24)30(31-35-38-39-36-31)45-34(42)25-19-11-4-12-20-25/h1-21,28-30H,(H,35,36,38,39)/t28-,29+,30-/m1/s1. The molecule has 12 nitrogen and oxygen atoms in total. The van der Waals surface area contributed by atoms with Crippen molar-refractivity contribution >= 4 is 17.9 Å². The van der Waals surface area contributed by atoms with Gasteiger partial charge in [0.15, 0.2) is 18.0 Å². The SMILES string of the molecule is O=C(O[C@@H]([C@H](OC(=O)c1ccccc1)c1cc(-c2ccccc2)on1)[C@@H](OC(=O)c1ccccc1)c1nn[nH]n1)c1ccccc1. The molecule has 0 saturated heterocycles. The number of ether oxygens (including phenoxy) is 3. The summed E-state index contributed by atoms with van der Waals surface area (Å²) >= 11 is 0. The van der Waals surface area contributed by atoms with Crippen molar-refractivity contribution in [2.75, 3.05) is 0 Å². The van der Waals surface area contributed by atoms with E-state index < -0.39 is 36.2 Å². The molecular formula is C34H25N5O7. The van der Waals surface area contributed by atoms with Crippen LogP contribution in [0.4, 0.5) is 0 Å². The maximum Gasteiger partial charge on any atom is 0.338 e. The minimum atomic E-state index is -1.58. The van der Waals surface area contributed by atoms with E-state index in [1.54, 1.807) is 97.1 Å². The van der Waals surface area contributed by atoms with E-state index in [9.17, 15) is 14.4 Å². The third kappa shape index (κ3) is 6.86. The highest BCUT2D eigenvalue weighted by molar-refractivity contribution is 5.91. The fourth-order valence-corrected chi connectivity index (χ4v) is 4.58. The number of aromatic nitrogens is 5. The molecule has 4 aromatic carbocycles. The topological polar surface area (TPSA) is 159 Å². The van der Waals surface area contributed by atoms with E-state index in [1.807, 2.05) is 30.3 Å². The van der Waals surface area contributed by atoms with Gasteiger partial charge in [-0.2, -0.15) is 5.21 Å². The number of carbonyl (C=O) groups excluding carboxylic acids is 3. The number of nitrogens with zero attached hydrogens (tertiary/aromatic N) is 4. The Bertz CT molecular complexity index is 1880. The monoisotopic (exact) mass is 615 g/mol. The van der Waals surface area contributed by atoms with Gasteiger partial charge in [-0.1, -0.05) is 95.3 Å². The number of hydrogen-bond acceptors (Lipinski definition) is 11. The molecule has 3 atom stereocenters. The third-order valence-electron chi connectivity index (χ3n) is 6.83. The van der Waals surface area contributed by atoms with Crippen LogP contribution in [-0.4, -0.2) is 49.8 Å². The second-order valence-electron chi connectivity index (χ2n) is 9.87. The van der Waals surface area contributed by atoms with Gasteiger partial charge >= 0.3 is 17.9 Å². The summed E-state index contributed by atoms with van der Waals surface area (Å²) in [6.07, 6.45) is -4.61. The molecule has 0 radical (unpaired) electrons. The van der Waals surface area contributed by atoms with Gasteiger partial charge in [0.05, 0.1) is 16.7 Å². The number of nitrogens with one attached hydrogen (secondary N) is 1. The molecule has 0 saturated carbocycles. The zero-order valence-electron chi connectivity index (χ0n) is 24.0. The molecule has 0 aliphatic heterocycles. The first-order valence-electron chi connectivity index (χ1n) is 14.1. The zero-order valence-corrected chi connectivity index (χ0v) is 24.0. The Morgan fingerprint density at radius 3 is 1.59 bits per heavy atom. The van der Waals surface area contributed by atoms with Crippen LogP contribution in [0.1, 0.15) is 54.8 Å². The number of hydrogen-bond donors (Lipinski definition) is 1. The van der Waals surface area contributed by atoms with E-state index in [-0.39, 0.29) is 28.2 Å². The van der Waals surface area contributed by atoms with E-state index in [4.69, 9.17) is 18.7 Å². The number of rotatable bonds is 11. The molecular weight excluding hydrogens is 590 g/mol. The number of tetrazole rings is 1. The maximum atomic E-state index is 13.6. The molecule has 6 aromatic rings. The Morgan fingerprint density at radius 2 is 1.09 bits per heavy atom. The molecule has 0 fully saturated rings. The summed E-state index contributed by atoms with van der Waals surface area (Å²) in [7, 11) is 0. The molecule has 0 amide bonds. The number of esters is 3. The van der Waals surface area contributed by atoms with E-state index >= 15 is 0 Å². The summed E-state index contributed by atoms with van der Waals surface area (Å²) in [6.45, 7) is 0. The lowest BCUT2D eigenvalue weighted by Gasteiger charge is -2.30. The van der Waals surface area contributed by atoms with Gasteiger partial charge in [0.25, 0.3) is 0 Å². The van der Waals surface area contributed by atoms with E-state index in [0.717, 1.165) is 0 Å². The van der Waals surface area contributed by atoms with Gasteiger partial charge in [-0.3, -0.25) is 0 Å². The van der Waals surface area contributed by atoms with E-state index in [0.29, 0.717) is 11.3 Å². The second kappa shape index (κ2) is 13.9. The van der Waals surface area contributed by atoms with Crippen molar-refractivity contribution in [2.24, 2.45) is 0 Å². The molecule has 0 unspecified atom stereocenters. The van der Waals surface area contributed by atoms with Gasteiger partial charge < -0.3 is 18.7 Å². The normalized spacial score (nSPS) is 12.8. The first kappa shape index (κ1) is 29.6. The fourth-order valence-electron chi connectivity index (χ4n) is 4.58. The lowest BCUT2D eigenvalue weighted by atomic mass is 10.0. The molecule has 2 heterocycles. The summed E-state index contributed by atoms with van der Waals surface area (Å²) < 4.78 is 23.6. The van der Waals surface area contributed by atoms with Crippen molar-refractivity contribution in [1.82, 2.24) is 25.8 Å². The van der Waals surface area contributed by atoms with Crippen LogP contribution in [0.5, 0.6) is 0 Å². The molecule has 6 rings (SSSR count). The average molecular weight is 616 g/mol. The van der Waals surface area contributed by atoms with Crippen LogP contribution in [0, 0.1) is 0 Å². The first-order chi connectivity index (χ1) is 22.6. The summed E-state index contributed by atoms with van der Waals surface area (Å²) in [6, 6.07) is 35.2. The summed E-state index contributed by atoms with van der Waals surface area (Å²) in [5, 5.41) is 18.2. The molecule has 12 heteroatoms. The van der Waals surface area contributed by atoms with Crippen LogP contribution < -0.4 is 0 Å². The van der Waals surface area contributed by atoms with E-state index in [2.05, 4.69) is 25.8 Å². The molecule has 0 aliphatic rings. The largest absolute Gasteiger partial charge is 0.450 e. The molecule has 2 aromatic heterocycles. The smallest absolute Gasteiger partial charge is 0.338 e. The Hall–Kier alpha value is -6.43. The van der Waals surface area contributed by atoms with Gasteiger partial charge in [-0.25, -0.2) is 14.4 Å². The van der Waals surface area contributed by atoms with Gasteiger partial charge in [0.1, 0.15) is 5.69 Å². The first-order valence-corrected chi connectivity index (χ1v) is 14.1.